The Morgan fingerprint density at radius 3 is 2.63 bits per heavy atom. The number of anilines is 1. The molecule has 0 bridgehead atoms. The molecule has 1 aliphatic rings. The summed E-state index contributed by atoms with van der Waals surface area (Å²) < 4.78 is 40.6. The van der Waals surface area contributed by atoms with Crippen LogP contribution in [0, 0.1) is 17.5 Å². The van der Waals surface area contributed by atoms with Crippen LogP contribution in [-0.4, -0.2) is 0 Å². The number of halogens is 4. The largest absolute Gasteiger partial charge is 0.375 e. The molecule has 0 amide bonds. The maximum Gasteiger partial charge on any atom is 0.148 e. The monoisotopic (exact) mass is 283 g/mol. The maximum atomic E-state index is 13.7. The Morgan fingerprint density at radius 1 is 1.05 bits per heavy atom. The van der Waals surface area contributed by atoms with E-state index in [-0.39, 0.29) is 5.56 Å². The van der Waals surface area contributed by atoms with Crippen molar-refractivity contribution in [2.45, 2.75) is 12.5 Å². The minimum absolute atomic E-state index is 0.187. The molecule has 0 fully saturated rings. The highest BCUT2D eigenvalue weighted by molar-refractivity contribution is 6.30. The lowest BCUT2D eigenvalue weighted by Gasteiger charge is -2.12. The van der Waals surface area contributed by atoms with Gasteiger partial charge in [-0.25, -0.2) is 13.2 Å². The summed E-state index contributed by atoms with van der Waals surface area (Å²) in [5.41, 5.74) is 1.16. The predicted molar refractivity (Wildman–Crippen MR) is 67.8 cm³/mol. The predicted octanol–water partition coefficient (Wildman–Crippen LogP) is 4.47. The zero-order valence-corrected chi connectivity index (χ0v) is 10.4. The van der Waals surface area contributed by atoms with Gasteiger partial charge < -0.3 is 5.32 Å². The number of hydrogen-bond donors (Lipinski definition) is 1. The van der Waals surface area contributed by atoms with Gasteiger partial charge in [0, 0.05) is 10.6 Å². The van der Waals surface area contributed by atoms with Crippen LogP contribution in [0.25, 0.3) is 0 Å². The van der Waals surface area contributed by atoms with Gasteiger partial charge in [-0.2, -0.15) is 0 Å². The lowest BCUT2D eigenvalue weighted by atomic mass is 10.0. The van der Waals surface area contributed by atoms with E-state index >= 15 is 0 Å². The van der Waals surface area contributed by atoms with Crippen molar-refractivity contribution in [1.29, 1.82) is 0 Å². The van der Waals surface area contributed by atoms with Gasteiger partial charge in [0.2, 0.25) is 0 Å². The quantitative estimate of drug-likeness (QED) is 0.814. The molecule has 2 aromatic carbocycles. The minimum Gasteiger partial charge on any atom is -0.375 e. The fourth-order valence-corrected chi connectivity index (χ4v) is 2.59. The highest BCUT2D eigenvalue weighted by Crippen LogP contribution is 2.38. The highest BCUT2D eigenvalue weighted by Gasteiger charge is 2.27. The molecule has 3 rings (SSSR count). The summed E-state index contributed by atoms with van der Waals surface area (Å²) in [4.78, 5) is 0. The Morgan fingerprint density at radius 2 is 1.84 bits per heavy atom. The van der Waals surface area contributed by atoms with E-state index in [1.165, 1.54) is 6.07 Å². The van der Waals surface area contributed by atoms with Crippen molar-refractivity contribution in [3.8, 4) is 0 Å². The van der Waals surface area contributed by atoms with E-state index in [1.807, 2.05) is 0 Å². The zero-order valence-electron chi connectivity index (χ0n) is 9.68. The summed E-state index contributed by atoms with van der Waals surface area (Å²) in [5, 5.41) is 3.16. The number of fused-ring (bicyclic) bond motifs is 1. The molecule has 1 nitrogen and oxygen atoms in total. The summed E-state index contributed by atoms with van der Waals surface area (Å²) in [5.74, 6) is -1.52. The molecule has 1 N–H and O–H groups in total. The summed E-state index contributed by atoms with van der Waals surface area (Å²) >= 11 is 5.78. The summed E-state index contributed by atoms with van der Waals surface area (Å²) in [7, 11) is 0. The van der Waals surface area contributed by atoms with Crippen molar-refractivity contribution in [2.75, 3.05) is 5.32 Å². The maximum absolute atomic E-state index is 13.7. The van der Waals surface area contributed by atoms with E-state index < -0.39 is 23.5 Å². The van der Waals surface area contributed by atoms with Crippen molar-refractivity contribution in [2.24, 2.45) is 0 Å². The van der Waals surface area contributed by atoms with Crippen molar-refractivity contribution >= 4 is 17.3 Å². The molecule has 0 aromatic heterocycles. The lowest BCUT2D eigenvalue weighted by molar-refractivity contribution is 0.573. The Labute approximate surface area is 113 Å². The van der Waals surface area contributed by atoms with Crippen LogP contribution < -0.4 is 5.32 Å². The molecule has 0 saturated carbocycles. The van der Waals surface area contributed by atoms with Crippen LogP contribution in [0.5, 0.6) is 0 Å². The third kappa shape index (κ3) is 2.16. The zero-order chi connectivity index (χ0) is 13.6. The molecular weight excluding hydrogens is 275 g/mol. The standard InChI is InChI=1S/C14H9ClF3N/c15-8-3-7-4-13(19-14(7)12(18)5-8)10-6-9(16)1-2-11(10)17/h1-3,5-6,13,19H,4H2. The van der Waals surface area contributed by atoms with Gasteiger partial charge in [0.15, 0.2) is 0 Å². The van der Waals surface area contributed by atoms with Crippen molar-refractivity contribution < 1.29 is 13.2 Å². The molecule has 5 heteroatoms. The SMILES string of the molecule is Fc1ccc(F)c(C2Cc3cc(Cl)cc(F)c3N2)c1. The Kier molecular flexibility index (Phi) is 2.90. The first-order valence-corrected chi connectivity index (χ1v) is 6.12. The molecule has 0 spiro atoms. The molecule has 0 saturated heterocycles. The fourth-order valence-electron chi connectivity index (χ4n) is 2.36. The molecule has 1 atom stereocenters. The van der Waals surface area contributed by atoms with Gasteiger partial charge in [-0.1, -0.05) is 11.6 Å². The molecule has 2 aromatic rings. The second-order valence-electron chi connectivity index (χ2n) is 4.49. The van der Waals surface area contributed by atoms with Crippen LogP contribution >= 0.6 is 11.6 Å². The molecule has 1 heterocycles. The van der Waals surface area contributed by atoms with E-state index in [0.717, 1.165) is 18.2 Å². The molecule has 1 unspecified atom stereocenters. The lowest BCUT2D eigenvalue weighted by Crippen LogP contribution is -2.08. The Balaban J connectivity index is 2.00. The Bertz CT molecular complexity index is 657. The van der Waals surface area contributed by atoms with Gasteiger partial charge in [0.1, 0.15) is 17.5 Å². The van der Waals surface area contributed by atoms with Gasteiger partial charge in [0.25, 0.3) is 0 Å². The van der Waals surface area contributed by atoms with E-state index in [2.05, 4.69) is 5.32 Å². The first-order valence-electron chi connectivity index (χ1n) is 5.74. The second kappa shape index (κ2) is 4.46. The van der Waals surface area contributed by atoms with Crippen molar-refractivity contribution in [3.63, 3.8) is 0 Å². The highest BCUT2D eigenvalue weighted by atomic mass is 35.5. The van der Waals surface area contributed by atoms with Crippen LogP contribution in [0.15, 0.2) is 30.3 Å². The topological polar surface area (TPSA) is 12.0 Å². The van der Waals surface area contributed by atoms with Gasteiger partial charge in [0.05, 0.1) is 11.7 Å². The number of hydrogen-bond acceptors (Lipinski definition) is 1. The van der Waals surface area contributed by atoms with Crippen molar-refractivity contribution in [1.82, 2.24) is 0 Å². The van der Waals surface area contributed by atoms with E-state index in [9.17, 15) is 13.2 Å². The van der Waals surface area contributed by atoms with E-state index in [1.54, 1.807) is 6.07 Å². The molecule has 1 aliphatic heterocycles. The van der Waals surface area contributed by atoms with Crippen LogP contribution in [0.4, 0.5) is 18.9 Å². The van der Waals surface area contributed by atoms with Gasteiger partial charge >= 0.3 is 0 Å². The smallest absolute Gasteiger partial charge is 0.148 e. The van der Waals surface area contributed by atoms with Crippen LogP contribution in [-0.2, 0) is 6.42 Å². The number of nitrogens with one attached hydrogen (secondary N) is 1. The first kappa shape index (κ1) is 12.4. The van der Waals surface area contributed by atoms with Crippen molar-refractivity contribution in [3.05, 3.63) is 63.9 Å². The molecule has 0 aliphatic carbocycles. The summed E-state index contributed by atoms with van der Waals surface area (Å²) in [6.07, 6.45) is 0.368. The fraction of sp³-hybridized carbons (Fsp3) is 0.143. The molecule has 0 radical (unpaired) electrons. The molecule has 98 valence electrons. The molecular formula is C14H9ClF3N. The normalized spacial score (nSPS) is 17.2. The van der Waals surface area contributed by atoms with Crippen LogP contribution in [0.2, 0.25) is 5.02 Å². The van der Waals surface area contributed by atoms with E-state index in [0.29, 0.717) is 22.7 Å². The van der Waals surface area contributed by atoms with Crippen LogP contribution in [0.1, 0.15) is 17.2 Å². The Hall–Kier alpha value is -1.68. The third-order valence-electron chi connectivity index (χ3n) is 3.21. The van der Waals surface area contributed by atoms with Crippen LogP contribution in [0.3, 0.4) is 0 Å². The first-order chi connectivity index (χ1) is 9.04. The average Bonchev–Trinajstić information content (AvgIpc) is 2.76. The second-order valence-corrected chi connectivity index (χ2v) is 4.93. The van der Waals surface area contributed by atoms with E-state index in [4.69, 9.17) is 11.6 Å². The van der Waals surface area contributed by atoms with Gasteiger partial charge in [-0.3, -0.25) is 0 Å². The average molecular weight is 284 g/mol. The number of rotatable bonds is 1. The third-order valence-corrected chi connectivity index (χ3v) is 3.43. The van der Waals surface area contributed by atoms with Gasteiger partial charge in [-0.05, 0) is 42.3 Å². The summed E-state index contributed by atoms with van der Waals surface area (Å²) in [6, 6.07) is 5.58. The summed E-state index contributed by atoms with van der Waals surface area (Å²) in [6.45, 7) is 0. The van der Waals surface area contributed by atoms with Gasteiger partial charge in [-0.15, -0.1) is 0 Å². The number of benzene rings is 2. The minimum atomic E-state index is -0.521. The molecule has 19 heavy (non-hydrogen) atoms.